The molecule has 0 atom stereocenters. The molecular weight excluding hydrogens is 316 g/mol. The third-order valence-corrected chi connectivity index (χ3v) is 3.01. The lowest BCUT2D eigenvalue weighted by atomic mass is 10.2. The van der Waals surface area contributed by atoms with Gasteiger partial charge in [0.1, 0.15) is 10.6 Å². The number of aromatic amines is 1. The van der Waals surface area contributed by atoms with E-state index in [0.717, 1.165) is 16.8 Å². The van der Waals surface area contributed by atoms with E-state index in [1.807, 2.05) is 0 Å². The minimum atomic E-state index is -0.861. The summed E-state index contributed by atoms with van der Waals surface area (Å²) in [7, 11) is 1.43. The van der Waals surface area contributed by atoms with Crippen LogP contribution < -0.4 is 16.4 Å². The zero-order valence-electron chi connectivity index (χ0n) is 11.1. The first-order valence-corrected chi connectivity index (χ1v) is 6.22. The summed E-state index contributed by atoms with van der Waals surface area (Å²) in [4.78, 5) is 47.1. The van der Waals surface area contributed by atoms with E-state index in [9.17, 15) is 24.5 Å². The normalized spacial score (nSPS) is 10.3. The molecule has 0 aliphatic carbocycles. The smallest absolute Gasteiger partial charge is 0.286 e. The van der Waals surface area contributed by atoms with Gasteiger partial charge in [0.15, 0.2) is 0 Å². The lowest BCUT2D eigenvalue weighted by molar-refractivity contribution is -0.385. The number of anilines is 1. The molecule has 2 heterocycles. The molecule has 0 saturated carbocycles. The van der Waals surface area contributed by atoms with E-state index in [1.165, 1.54) is 19.3 Å². The Labute approximate surface area is 127 Å². The van der Waals surface area contributed by atoms with Gasteiger partial charge < -0.3 is 14.9 Å². The Bertz CT molecular complexity index is 860. The molecule has 114 valence electrons. The number of halogens is 1. The van der Waals surface area contributed by atoms with Crippen LogP contribution in [0.25, 0.3) is 0 Å². The average Bonchev–Trinajstić information content (AvgIpc) is 2.44. The van der Waals surface area contributed by atoms with Gasteiger partial charge in [-0.3, -0.25) is 24.5 Å². The van der Waals surface area contributed by atoms with Crippen LogP contribution in [0, 0.1) is 10.1 Å². The van der Waals surface area contributed by atoms with Gasteiger partial charge in [-0.1, -0.05) is 11.6 Å². The number of amides is 1. The van der Waals surface area contributed by atoms with Crippen molar-refractivity contribution in [3.8, 4) is 0 Å². The van der Waals surface area contributed by atoms with Crippen molar-refractivity contribution < 1.29 is 9.72 Å². The van der Waals surface area contributed by atoms with Crippen LogP contribution >= 0.6 is 11.6 Å². The highest BCUT2D eigenvalue weighted by Crippen LogP contribution is 2.13. The minimum absolute atomic E-state index is 0.117. The van der Waals surface area contributed by atoms with Crippen molar-refractivity contribution in [2.24, 2.45) is 7.05 Å². The molecule has 2 aromatic rings. The number of hydrogen-bond donors (Lipinski definition) is 2. The molecule has 0 fully saturated rings. The first-order chi connectivity index (χ1) is 10.3. The van der Waals surface area contributed by atoms with Gasteiger partial charge in [0.05, 0.1) is 16.8 Å². The van der Waals surface area contributed by atoms with Gasteiger partial charge in [0, 0.05) is 19.3 Å². The Balaban J connectivity index is 2.38. The van der Waals surface area contributed by atoms with Crippen LogP contribution in [0.15, 0.2) is 34.1 Å². The molecule has 0 aliphatic rings. The molecule has 0 aliphatic heterocycles. The van der Waals surface area contributed by atoms with Crippen molar-refractivity contribution >= 4 is 28.9 Å². The van der Waals surface area contributed by atoms with Gasteiger partial charge in [-0.25, -0.2) is 0 Å². The molecule has 0 unspecified atom stereocenters. The maximum absolute atomic E-state index is 12.0. The summed E-state index contributed by atoms with van der Waals surface area (Å²) >= 11 is 5.70. The molecule has 0 aromatic carbocycles. The number of hydrogen-bond acceptors (Lipinski definition) is 5. The minimum Gasteiger partial charge on any atom is -0.322 e. The molecule has 2 aromatic heterocycles. The van der Waals surface area contributed by atoms with Gasteiger partial charge in [0.25, 0.3) is 22.7 Å². The highest BCUT2D eigenvalue weighted by molar-refractivity contribution is 6.30. The largest absolute Gasteiger partial charge is 0.322 e. The van der Waals surface area contributed by atoms with Crippen LogP contribution in [-0.2, 0) is 7.05 Å². The van der Waals surface area contributed by atoms with E-state index < -0.39 is 33.2 Å². The van der Waals surface area contributed by atoms with Crippen LogP contribution in [0.3, 0.4) is 0 Å². The van der Waals surface area contributed by atoms with E-state index in [-0.39, 0.29) is 10.7 Å². The zero-order valence-corrected chi connectivity index (χ0v) is 11.9. The molecule has 1 amide bonds. The number of rotatable bonds is 3. The third-order valence-electron chi connectivity index (χ3n) is 2.74. The van der Waals surface area contributed by atoms with E-state index in [4.69, 9.17) is 11.6 Å². The molecule has 0 bridgehead atoms. The van der Waals surface area contributed by atoms with Crippen molar-refractivity contribution in [1.29, 1.82) is 0 Å². The summed E-state index contributed by atoms with van der Waals surface area (Å²) in [5, 5.41) is 12.9. The summed E-state index contributed by atoms with van der Waals surface area (Å²) in [6.07, 6.45) is 2.19. The first kappa shape index (κ1) is 15.4. The van der Waals surface area contributed by atoms with E-state index in [0.29, 0.717) is 0 Å². The number of H-pyrrole nitrogens is 1. The molecule has 10 heteroatoms. The summed E-state index contributed by atoms with van der Waals surface area (Å²) in [6, 6.07) is 2.07. The molecule has 0 spiro atoms. The Morgan fingerprint density at radius 3 is 2.68 bits per heavy atom. The van der Waals surface area contributed by atoms with Gasteiger partial charge in [-0.05, 0) is 6.07 Å². The topological polar surface area (TPSA) is 127 Å². The van der Waals surface area contributed by atoms with Crippen LogP contribution in [0.1, 0.15) is 10.4 Å². The molecular formula is C12H9ClN4O5. The van der Waals surface area contributed by atoms with E-state index in [1.54, 1.807) is 0 Å². The third kappa shape index (κ3) is 3.04. The summed E-state index contributed by atoms with van der Waals surface area (Å²) in [5.74, 6) is -0.861. The highest BCUT2D eigenvalue weighted by Gasteiger charge is 2.16. The van der Waals surface area contributed by atoms with E-state index in [2.05, 4.69) is 10.3 Å². The summed E-state index contributed by atoms with van der Waals surface area (Å²) in [5.41, 5.74) is -1.92. The van der Waals surface area contributed by atoms with Crippen molar-refractivity contribution in [2.75, 3.05) is 5.32 Å². The number of nitrogens with zero attached hydrogens (tertiary/aromatic N) is 2. The fraction of sp³-hybridized carbons (Fsp3) is 0.0833. The molecule has 0 saturated heterocycles. The first-order valence-electron chi connectivity index (χ1n) is 5.84. The number of pyridine rings is 2. The fourth-order valence-corrected chi connectivity index (χ4v) is 1.94. The number of nitro groups is 1. The van der Waals surface area contributed by atoms with Gasteiger partial charge in [-0.2, -0.15) is 0 Å². The monoisotopic (exact) mass is 324 g/mol. The molecule has 9 nitrogen and oxygen atoms in total. The van der Waals surface area contributed by atoms with Crippen molar-refractivity contribution in [2.45, 2.75) is 0 Å². The highest BCUT2D eigenvalue weighted by atomic mass is 35.5. The molecule has 0 radical (unpaired) electrons. The van der Waals surface area contributed by atoms with Gasteiger partial charge >= 0.3 is 0 Å². The molecule has 2 N–H and O–H groups in total. The number of aryl methyl sites for hydroxylation is 1. The Kier molecular flexibility index (Phi) is 4.08. The number of nitrogens with one attached hydrogen (secondary N) is 2. The van der Waals surface area contributed by atoms with Crippen molar-refractivity contribution in [3.63, 3.8) is 0 Å². The van der Waals surface area contributed by atoms with Crippen molar-refractivity contribution in [1.82, 2.24) is 9.55 Å². The quantitative estimate of drug-likeness (QED) is 0.640. The average molecular weight is 325 g/mol. The standard InChI is InChI=1S/C12H9ClN4O5/c1-16-5-6(2-9(13)12(16)20)15-11(19)8-3-7(17(21)22)4-14-10(8)18/h2-5H,1H3,(H,14,18)(H,15,19). The second kappa shape index (κ2) is 5.82. The summed E-state index contributed by atoms with van der Waals surface area (Å²) < 4.78 is 1.15. The molecule has 2 rings (SSSR count). The lowest BCUT2D eigenvalue weighted by Crippen LogP contribution is -2.24. The number of carbonyl (C=O) groups excluding carboxylic acids is 1. The Hall–Kier alpha value is -2.94. The van der Waals surface area contributed by atoms with Crippen LogP contribution in [-0.4, -0.2) is 20.4 Å². The maximum atomic E-state index is 12.0. The predicted octanol–water partition coefficient (Wildman–Crippen LogP) is 0.887. The zero-order chi connectivity index (χ0) is 16.4. The van der Waals surface area contributed by atoms with E-state index >= 15 is 0 Å². The SMILES string of the molecule is Cn1cc(NC(=O)c2cc([N+](=O)[O-])c[nH]c2=O)cc(Cl)c1=O. The second-order valence-electron chi connectivity index (χ2n) is 4.30. The maximum Gasteiger partial charge on any atom is 0.286 e. The van der Waals surface area contributed by atoms with Crippen LogP contribution in [0.5, 0.6) is 0 Å². The van der Waals surface area contributed by atoms with Crippen molar-refractivity contribution in [3.05, 3.63) is 65.9 Å². The van der Waals surface area contributed by atoms with Crippen LogP contribution in [0.4, 0.5) is 11.4 Å². The predicted molar refractivity (Wildman–Crippen MR) is 78.4 cm³/mol. The second-order valence-corrected chi connectivity index (χ2v) is 4.71. The lowest BCUT2D eigenvalue weighted by Gasteiger charge is -2.07. The fourth-order valence-electron chi connectivity index (χ4n) is 1.68. The van der Waals surface area contributed by atoms with Gasteiger partial charge in [0.2, 0.25) is 0 Å². The summed E-state index contributed by atoms with van der Waals surface area (Å²) in [6.45, 7) is 0. The van der Waals surface area contributed by atoms with Gasteiger partial charge in [-0.15, -0.1) is 0 Å². The molecule has 22 heavy (non-hydrogen) atoms. The Morgan fingerprint density at radius 2 is 2.09 bits per heavy atom. The van der Waals surface area contributed by atoms with Crippen LogP contribution in [0.2, 0.25) is 5.02 Å². The number of carbonyl (C=O) groups is 1. The Morgan fingerprint density at radius 1 is 1.41 bits per heavy atom. The number of aromatic nitrogens is 2.